The summed E-state index contributed by atoms with van der Waals surface area (Å²) in [4.78, 5) is 0. The van der Waals surface area contributed by atoms with Crippen LogP contribution < -0.4 is 4.74 Å². The Morgan fingerprint density at radius 1 is 1.46 bits per heavy atom. The van der Waals surface area contributed by atoms with Crippen LogP contribution in [0, 0.1) is 6.92 Å². The maximum Gasteiger partial charge on any atom is 0.138 e. The molecule has 13 heavy (non-hydrogen) atoms. The molecule has 0 saturated carbocycles. The Morgan fingerprint density at radius 3 is 2.92 bits per heavy atom. The molecular weight excluding hydrogens is 188 g/mol. The van der Waals surface area contributed by atoms with Crippen LogP contribution in [0.15, 0.2) is 18.2 Å². The smallest absolute Gasteiger partial charge is 0.138 e. The number of ether oxygens (including phenoxy) is 1. The molecule has 0 fully saturated rings. The molecule has 72 valence electrons. The van der Waals surface area contributed by atoms with Gasteiger partial charge in [0.25, 0.3) is 0 Å². The van der Waals surface area contributed by atoms with Crippen molar-refractivity contribution in [3.05, 3.63) is 28.8 Å². The molecule has 0 heterocycles. The van der Waals surface area contributed by atoms with Gasteiger partial charge in [-0.15, -0.1) is 0 Å². The molecule has 0 bridgehead atoms. The van der Waals surface area contributed by atoms with Gasteiger partial charge in [-0.25, -0.2) is 0 Å². The fourth-order valence-electron chi connectivity index (χ4n) is 0.968. The van der Waals surface area contributed by atoms with Crippen molar-refractivity contribution in [3.63, 3.8) is 0 Å². The van der Waals surface area contributed by atoms with E-state index < -0.39 is 0 Å². The Kier molecular flexibility index (Phi) is 4.06. The van der Waals surface area contributed by atoms with E-state index in [4.69, 9.17) is 21.4 Å². The first-order chi connectivity index (χ1) is 6.24. The first-order valence-corrected chi connectivity index (χ1v) is 4.61. The van der Waals surface area contributed by atoms with Crippen LogP contribution in [0.5, 0.6) is 5.75 Å². The molecule has 0 unspecified atom stereocenters. The van der Waals surface area contributed by atoms with Gasteiger partial charge in [0.1, 0.15) is 5.75 Å². The number of hydrogen-bond donors (Lipinski definition) is 1. The standard InChI is InChI=1S/C10H13ClO2/c1-8-3-4-9(11)10(7-8)13-6-2-5-12/h3-4,7,12H,2,5-6H2,1H3. The molecule has 0 atom stereocenters. The van der Waals surface area contributed by atoms with E-state index >= 15 is 0 Å². The summed E-state index contributed by atoms with van der Waals surface area (Å²) >= 11 is 5.89. The summed E-state index contributed by atoms with van der Waals surface area (Å²) in [5.74, 6) is 0.690. The van der Waals surface area contributed by atoms with Gasteiger partial charge < -0.3 is 9.84 Å². The number of aryl methyl sites for hydroxylation is 1. The minimum atomic E-state index is 0.142. The lowest BCUT2D eigenvalue weighted by Crippen LogP contribution is -2.00. The van der Waals surface area contributed by atoms with Crippen LogP contribution in [0.1, 0.15) is 12.0 Å². The van der Waals surface area contributed by atoms with Gasteiger partial charge in [-0.3, -0.25) is 0 Å². The summed E-state index contributed by atoms with van der Waals surface area (Å²) in [7, 11) is 0. The fraction of sp³-hybridized carbons (Fsp3) is 0.400. The topological polar surface area (TPSA) is 29.5 Å². The van der Waals surface area contributed by atoms with Crippen LogP contribution in [0.25, 0.3) is 0 Å². The Labute approximate surface area is 83.1 Å². The van der Waals surface area contributed by atoms with Crippen LogP contribution in [0.3, 0.4) is 0 Å². The summed E-state index contributed by atoms with van der Waals surface area (Å²) in [6, 6.07) is 5.63. The second-order valence-electron chi connectivity index (χ2n) is 2.86. The van der Waals surface area contributed by atoms with Crippen molar-refractivity contribution in [2.45, 2.75) is 13.3 Å². The molecule has 0 saturated heterocycles. The van der Waals surface area contributed by atoms with E-state index in [1.54, 1.807) is 0 Å². The molecule has 0 spiro atoms. The number of rotatable bonds is 4. The third-order valence-corrected chi connectivity index (χ3v) is 1.96. The van der Waals surface area contributed by atoms with E-state index in [-0.39, 0.29) is 6.61 Å². The highest BCUT2D eigenvalue weighted by atomic mass is 35.5. The van der Waals surface area contributed by atoms with E-state index in [0.717, 1.165) is 5.56 Å². The zero-order valence-corrected chi connectivity index (χ0v) is 8.34. The first kappa shape index (κ1) is 10.4. The quantitative estimate of drug-likeness (QED) is 0.757. The van der Waals surface area contributed by atoms with E-state index in [1.165, 1.54) is 0 Å². The van der Waals surface area contributed by atoms with Crippen molar-refractivity contribution < 1.29 is 9.84 Å². The Hall–Kier alpha value is -0.730. The number of hydrogen-bond acceptors (Lipinski definition) is 2. The van der Waals surface area contributed by atoms with E-state index in [9.17, 15) is 0 Å². The largest absolute Gasteiger partial charge is 0.492 e. The van der Waals surface area contributed by atoms with Crippen molar-refractivity contribution in [1.29, 1.82) is 0 Å². The summed E-state index contributed by atoms with van der Waals surface area (Å²) < 4.78 is 5.37. The summed E-state index contributed by atoms with van der Waals surface area (Å²) in [6.07, 6.45) is 0.629. The molecule has 3 heteroatoms. The predicted octanol–water partition coefficient (Wildman–Crippen LogP) is 2.41. The molecule has 0 aliphatic carbocycles. The average molecular weight is 201 g/mol. The zero-order valence-electron chi connectivity index (χ0n) is 7.59. The van der Waals surface area contributed by atoms with Crippen molar-refractivity contribution in [1.82, 2.24) is 0 Å². The van der Waals surface area contributed by atoms with E-state index in [2.05, 4.69) is 0 Å². The summed E-state index contributed by atoms with van der Waals surface area (Å²) in [5.41, 5.74) is 1.11. The van der Waals surface area contributed by atoms with Gasteiger partial charge in [0.15, 0.2) is 0 Å². The van der Waals surface area contributed by atoms with Crippen LogP contribution in [0.4, 0.5) is 0 Å². The van der Waals surface area contributed by atoms with Crippen LogP contribution in [0.2, 0.25) is 5.02 Å². The highest BCUT2D eigenvalue weighted by molar-refractivity contribution is 6.32. The number of aliphatic hydroxyl groups excluding tert-OH is 1. The average Bonchev–Trinajstić information content (AvgIpc) is 2.11. The van der Waals surface area contributed by atoms with Crippen LogP contribution in [-0.2, 0) is 0 Å². The molecule has 1 aromatic rings. The van der Waals surface area contributed by atoms with Crippen LogP contribution >= 0.6 is 11.6 Å². The summed E-state index contributed by atoms with van der Waals surface area (Å²) in [6.45, 7) is 2.62. The first-order valence-electron chi connectivity index (χ1n) is 4.24. The molecule has 0 aliphatic rings. The van der Waals surface area contributed by atoms with Crippen molar-refractivity contribution in [2.24, 2.45) is 0 Å². The maximum atomic E-state index is 8.56. The van der Waals surface area contributed by atoms with Gasteiger partial charge in [-0.05, 0) is 24.6 Å². The molecule has 0 aliphatic heterocycles. The second kappa shape index (κ2) is 5.10. The molecule has 0 aromatic heterocycles. The zero-order chi connectivity index (χ0) is 9.68. The van der Waals surface area contributed by atoms with Gasteiger partial charge in [-0.1, -0.05) is 17.7 Å². The summed E-state index contributed by atoms with van der Waals surface area (Å²) in [5, 5.41) is 9.17. The van der Waals surface area contributed by atoms with Crippen molar-refractivity contribution in [3.8, 4) is 5.75 Å². The highest BCUT2D eigenvalue weighted by Gasteiger charge is 2.00. The van der Waals surface area contributed by atoms with Gasteiger partial charge >= 0.3 is 0 Å². The normalized spacial score (nSPS) is 10.1. The highest BCUT2D eigenvalue weighted by Crippen LogP contribution is 2.25. The fourth-order valence-corrected chi connectivity index (χ4v) is 1.14. The van der Waals surface area contributed by atoms with E-state index in [1.807, 2.05) is 25.1 Å². The molecule has 0 radical (unpaired) electrons. The van der Waals surface area contributed by atoms with E-state index in [0.29, 0.717) is 23.8 Å². The monoisotopic (exact) mass is 200 g/mol. The second-order valence-corrected chi connectivity index (χ2v) is 3.27. The minimum absolute atomic E-state index is 0.142. The Balaban J connectivity index is 2.59. The molecule has 1 aromatic carbocycles. The number of benzene rings is 1. The van der Waals surface area contributed by atoms with Gasteiger partial charge in [0.05, 0.1) is 11.6 Å². The SMILES string of the molecule is Cc1ccc(Cl)c(OCCCO)c1. The molecule has 1 rings (SSSR count). The van der Waals surface area contributed by atoms with Gasteiger partial charge in [-0.2, -0.15) is 0 Å². The van der Waals surface area contributed by atoms with Crippen molar-refractivity contribution in [2.75, 3.05) is 13.2 Å². The lowest BCUT2D eigenvalue weighted by Gasteiger charge is -2.07. The lowest BCUT2D eigenvalue weighted by atomic mass is 10.2. The Morgan fingerprint density at radius 2 is 2.23 bits per heavy atom. The molecule has 1 N–H and O–H groups in total. The maximum absolute atomic E-state index is 8.56. The molecular formula is C10H13ClO2. The third kappa shape index (κ3) is 3.25. The van der Waals surface area contributed by atoms with Crippen molar-refractivity contribution >= 4 is 11.6 Å². The Bertz CT molecular complexity index is 274. The minimum Gasteiger partial charge on any atom is -0.492 e. The lowest BCUT2D eigenvalue weighted by molar-refractivity contribution is 0.233. The number of aliphatic hydroxyl groups is 1. The van der Waals surface area contributed by atoms with Gasteiger partial charge in [0, 0.05) is 13.0 Å². The third-order valence-electron chi connectivity index (χ3n) is 1.65. The van der Waals surface area contributed by atoms with Crippen LogP contribution in [-0.4, -0.2) is 18.3 Å². The molecule has 0 amide bonds. The molecule has 2 nitrogen and oxygen atoms in total. The number of halogens is 1. The van der Waals surface area contributed by atoms with Gasteiger partial charge in [0.2, 0.25) is 0 Å². The predicted molar refractivity (Wildman–Crippen MR) is 53.4 cm³/mol.